The zero-order valence-electron chi connectivity index (χ0n) is 15.1. The van der Waals surface area contributed by atoms with Crippen molar-refractivity contribution in [3.05, 3.63) is 29.8 Å². The molecule has 1 heterocycles. The van der Waals surface area contributed by atoms with Gasteiger partial charge in [-0.15, -0.1) is 0 Å². The molecular weight excluding hydrogens is 300 g/mol. The Balaban J connectivity index is 1.53. The summed E-state index contributed by atoms with van der Waals surface area (Å²) in [6.07, 6.45) is 3.36. The summed E-state index contributed by atoms with van der Waals surface area (Å²) in [6, 6.07) is 8.55. The third kappa shape index (κ3) is 4.01. The van der Waals surface area contributed by atoms with E-state index in [1.165, 1.54) is 12.1 Å². The van der Waals surface area contributed by atoms with E-state index in [4.69, 9.17) is 0 Å². The second-order valence-electron chi connectivity index (χ2n) is 7.62. The van der Waals surface area contributed by atoms with Crippen LogP contribution in [0.1, 0.15) is 44.7 Å². The predicted octanol–water partition coefficient (Wildman–Crippen LogP) is 2.74. The van der Waals surface area contributed by atoms with Crippen LogP contribution in [0.2, 0.25) is 0 Å². The van der Waals surface area contributed by atoms with Crippen LogP contribution in [0, 0.1) is 0 Å². The number of hydrogen-bond donors (Lipinski definition) is 2. The van der Waals surface area contributed by atoms with Gasteiger partial charge in [-0.05, 0) is 57.9 Å². The molecule has 2 amide bonds. The largest absolute Gasteiger partial charge is 0.369 e. The van der Waals surface area contributed by atoms with Gasteiger partial charge in [0, 0.05) is 37.4 Å². The Kier molecular flexibility index (Phi) is 4.99. The Morgan fingerprint density at radius 1 is 1.12 bits per heavy atom. The molecule has 24 heavy (non-hydrogen) atoms. The molecule has 1 saturated carbocycles. The summed E-state index contributed by atoms with van der Waals surface area (Å²) in [5.74, 6) is 0. The summed E-state index contributed by atoms with van der Waals surface area (Å²) >= 11 is 0. The van der Waals surface area contributed by atoms with E-state index >= 15 is 0 Å². The first-order valence-corrected chi connectivity index (χ1v) is 9.07. The van der Waals surface area contributed by atoms with Crippen LogP contribution in [0.5, 0.6) is 0 Å². The Labute approximate surface area is 145 Å². The molecule has 3 rings (SSSR count). The Hall–Kier alpha value is -1.75. The minimum atomic E-state index is -0.0622. The first-order valence-electron chi connectivity index (χ1n) is 9.07. The lowest BCUT2D eigenvalue weighted by Crippen LogP contribution is -2.54. The lowest BCUT2D eigenvalue weighted by atomic mass is 9.79. The minimum Gasteiger partial charge on any atom is -0.369 e. The minimum absolute atomic E-state index is 0.00488. The van der Waals surface area contributed by atoms with E-state index in [2.05, 4.69) is 58.7 Å². The molecule has 1 aromatic rings. The fourth-order valence-corrected chi connectivity index (χ4v) is 3.46. The maximum Gasteiger partial charge on any atom is 0.315 e. The van der Waals surface area contributed by atoms with Gasteiger partial charge in [-0.2, -0.15) is 0 Å². The van der Waals surface area contributed by atoms with Crippen LogP contribution >= 0.6 is 0 Å². The Morgan fingerprint density at radius 2 is 1.75 bits per heavy atom. The SMILES string of the molecule is C[C@H](NC(=O)NC1(C)CCC1)c1ccc(N2CCN(C)CC2)cc1. The second kappa shape index (κ2) is 7.01. The molecule has 0 bridgehead atoms. The van der Waals surface area contributed by atoms with Gasteiger partial charge in [-0.1, -0.05) is 12.1 Å². The number of urea groups is 1. The van der Waals surface area contributed by atoms with Crippen molar-refractivity contribution in [2.24, 2.45) is 0 Å². The molecule has 0 spiro atoms. The van der Waals surface area contributed by atoms with Gasteiger partial charge in [0.2, 0.25) is 0 Å². The molecule has 1 aromatic carbocycles. The number of likely N-dealkylation sites (N-methyl/N-ethyl adjacent to an activating group) is 1. The number of nitrogens with zero attached hydrogens (tertiary/aromatic N) is 2. The standard InChI is InChI=1S/C19H30N4O/c1-15(20-18(24)21-19(2)9-4-10-19)16-5-7-17(8-6-16)23-13-11-22(3)12-14-23/h5-8,15H,4,9-14H2,1-3H3,(H2,20,21,24)/t15-/m0/s1. The summed E-state index contributed by atoms with van der Waals surface area (Å²) in [4.78, 5) is 16.9. The van der Waals surface area contributed by atoms with E-state index < -0.39 is 0 Å². The van der Waals surface area contributed by atoms with Gasteiger partial charge in [0.15, 0.2) is 0 Å². The normalized spacial score (nSPS) is 21.7. The molecule has 1 saturated heterocycles. The van der Waals surface area contributed by atoms with Crippen molar-refractivity contribution in [2.45, 2.75) is 44.7 Å². The van der Waals surface area contributed by atoms with E-state index in [0.29, 0.717) is 0 Å². The van der Waals surface area contributed by atoms with Crippen LogP contribution in [0.4, 0.5) is 10.5 Å². The van der Waals surface area contributed by atoms with Crippen LogP contribution in [0.25, 0.3) is 0 Å². The topological polar surface area (TPSA) is 47.6 Å². The molecule has 2 aliphatic rings. The van der Waals surface area contributed by atoms with Crippen molar-refractivity contribution >= 4 is 11.7 Å². The molecule has 5 nitrogen and oxygen atoms in total. The summed E-state index contributed by atoms with van der Waals surface area (Å²) in [5.41, 5.74) is 2.40. The van der Waals surface area contributed by atoms with Gasteiger partial charge in [0.25, 0.3) is 0 Å². The molecule has 2 N–H and O–H groups in total. The summed E-state index contributed by atoms with van der Waals surface area (Å²) in [5, 5.41) is 6.15. The monoisotopic (exact) mass is 330 g/mol. The highest BCUT2D eigenvalue weighted by Gasteiger charge is 2.33. The van der Waals surface area contributed by atoms with Gasteiger partial charge in [0.1, 0.15) is 0 Å². The third-order valence-corrected chi connectivity index (χ3v) is 5.48. The van der Waals surface area contributed by atoms with Gasteiger partial charge in [-0.3, -0.25) is 0 Å². The highest BCUT2D eigenvalue weighted by atomic mass is 16.2. The third-order valence-electron chi connectivity index (χ3n) is 5.48. The maximum atomic E-state index is 12.1. The van der Waals surface area contributed by atoms with Gasteiger partial charge in [0.05, 0.1) is 6.04 Å². The molecule has 1 aliphatic carbocycles. The van der Waals surface area contributed by atoms with Crippen molar-refractivity contribution in [2.75, 3.05) is 38.1 Å². The highest BCUT2D eigenvalue weighted by molar-refractivity contribution is 5.75. The number of carbonyl (C=O) groups excluding carboxylic acids is 1. The molecule has 0 unspecified atom stereocenters. The van der Waals surface area contributed by atoms with Crippen molar-refractivity contribution in [3.8, 4) is 0 Å². The van der Waals surface area contributed by atoms with Crippen LogP contribution in [0.3, 0.4) is 0 Å². The molecule has 1 atom stereocenters. The number of carbonyl (C=O) groups is 1. The molecule has 0 radical (unpaired) electrons. The summed E-state index contributed by atoms with van der Waals surface area (Å²) < 4.78 is 0. The van der Waals surface area contributed by atoms with Gasteiger partial charge < -0.3 is 20.4 Å². The van der Waals surface area contributed by atoms with Crippen LogP contribution < -0.4 is 15.5 Å². The Bertz CT molecular complexity index is 559. The van der Waals surface area contributed by atoms with E-state index in [-0.39, 0.29) is 17.6 Å². The van der Waals surface area contributed by atoms with Crippen molar-refractivity contribution < 1.29 is 4.79 Å². The molecule has 132 valence electrons. The maximum absolute atomic E-state index is 12.1. The fourth-order valence-electron chi connectivity index (χ4n) is 3.46. The van der Waals surface area contributed by atoms with Crippen molar-refractivity contribution in [1.82, 2.24) is 15.5 Å². The van der Waals surface area contributed by atoms with Gasteiger partial charge in [-0.25, -0.2) is 4.79 Å². The quantitative estimate of drug-likeness (QED) is 0.892. The van der Waals surface area contributed by atoms with Crippen LogP contribution in [0.15, 0.2) is 24.3 Å². The van der Waals surface area contributed by atoms with Crippen molar-refractivity contribution in [3.63, 3.8) is 0 Å². The molecule has 5 heteroatoms. The molecule has 1 aliphatic heterocycles. The predicted molar refractivity (Wildman–Crippen MR) is 98.5 cm³/mol. The van der Waals surface area contributed by atoms with Crippen LogP contribution in [-0.4, -0.2) is 49.7 Å². The lowest BCUT2D eigenvalue weighted by Gasteiger charge is -2.39. The number of benzene rings is 1. The average molecular weight is 330 g/mol. The number of rotatable bonds is 4. The van der Waals surface area contributed by atoms with Crippen LogP contribution in [-0.2, 0) is 0 Å². The zero-order chi connectivity index (χ0) is 17.2. The number of hydrogen-bond acceptors (Lipinski definition) is 3. The van der Waals surface area contributed by atoms with Crippen molar-refractivity contribution in [1.29, 1.82) is 0 Å². The molecule has 0 aromatic heterocycles. The molecular formula is C19H30N4O. The highest BCUT2D eigenvalue weighted by Crippen LogP contribution is 2.30. The summed E-state index contributed by atoms with van der Waals surface area (Å²) in [6.45, 7) is 8.52. The first-order chi connectivity index (χ1) is 11.5. The molecule has 2 fully saturated rings. The van der Waals surface area contributed by atoms with E-state index in [1.54, 1.807) is 0 Å². The fraction of sp³-hybridized carbons (Fsp3) is 0.632. The Morgan fingerprint density at radius 3 is 2.29 bits per heavy atom. The smallest absolute Gasteiger partial charge is 0.315 e. The average Bonchev–Trinajstić information content (AvgIpc) is 2.54. The summed E-state index contributed by atoms with van der Waals surface area (Å²) in [7, 11) is 2.17. The number of anilines is 1. The first kappa shape index (κ1) is 17.1. The number of nitrogens with one attached hydrogen (secondary N) is 2. The van der Waals surface area contributed by atoms with E-state index in [0.717, 1.165) is 44.6 Å². The number of amides is 2. The lowest BCUT2D eigenvalue weighted by molar-refractivity contribution is 0.189. The van der Waals surface area contributed by atoms with E-state index in [9.17, 15) is 4.79 Å². The van der Waals surface area contributed by atoms with Gasteiger partial charge >= 0.3 is 6.03 Å². The van der Waals surface area contributed by atoms with E-state index in [1.807, 2.05) is 6.92 Å². The zero-order valence-corrected chi connectivity index (χ0v) is 15.1. The second-order valence-corrected chi connectivity index (χ2v) is 7.62. The number of piperazine rings is 1.